The lowest BCUT2D eigenvalue weighted by Crippen LogP contribution is -2.40. The number of benzene rings is 1. The summed E-state index contributed by atoms with van der Waals surface area (Å²) in [5.74, 6) is 0.204. The molecule has 26 heavy (non-hydrogen) atoms. The summed E-state index contributed by atoms with van der Waals surface area (Å²) in [4.78, 5) is 39.9. The Morgan fingerprint density at radius 1 is 1.19 bits per heavy atom. The first kappa shape index (κ1) is 18.5. The Bertz CT molecular complexity index is 724. The number of imide groups is 1. The molecule has 2 aliphatic heterocycles. The maximum atomic E-state index is 12.5. The number of thioether (sulfide) groups is 1. The molecule has 0 atom stereocenters. The molecule has 0 bridgehead atoms. The highest BCUT2D eigenvalue weighted by Gasteiger charge is 2.37. The van der Waals surface area contributed by atoms with Crippen molar-refractivity contribution in [2.45, 2.75) is 26.2 Å². The van der Waals surface area contributed by atoms with E-state index in [-0.39, 0.29) is 12.5 Å². The van der Waals surface area contributed by atoms with Crippen molar-refractivity contribution in [3.63, 3.8) is 0 Å². The summed E-state index contributed by atoms with van der Waals surface area (Å²) in [5.41, 5.74) is 0.810. The molecule has 6 nitrogen and oxygen atoms in total. The summed E-state index contributed by atoms with van der Waals surface area (Å²) in [6.07, 6.45) is 4.57. The number of hydrogen-bond donors (Lipinski definition) is 0. The Hall–Kier alpha value is -2.28. The predicted molar refractivity (Wildman–Crippen MR) is 101 cm³/mol. The van der Waals surface area contributed by atoms with E-state index < -0.39 is 11.1 Å². The van der Waals surface area contributed by atoms with E-state index in [0.717, 1.165) is 47.2 Å². The zero-order valence-corrected chi connectivity index (χ0v) is 15.6. The highest BCUT2D eigenvalue weighted by molar-refractivity contribution is 8.18. The second-order valence-electron chi connectivity index (χ2n) is 6.27. The van der Waals surface area contributed by atoms with Gasteiger partial charge < -0.3 is 9.64 Å². The summed E-state index contributed by atoms with van der Waals surface area (Å²) in [6.45, 7) is 3.93. The maximum Gasteiger partial charge on any atom is 0.294 e. The number of likely N-dealkylation sites (tertiary alicyclic amines) is 1. The molecule has 1 aromatic rings. The first-order valence-electron chi connectivity index (χ1n) is 8.84. The number of nitrogens with zero attached hydrogens (tertiary/aromatic N) is 2. The predicted octanol–water partition coefficient (Wildman–Crippen LogP) is 3.13. The molecule has 2 saturated heterocycles. The van der Waals surface area contributed by atoms with Gasteiger partial charge in [-0.3, -0.25) is 19.3 Å². The van der Waals surface area contributed by atoms with E-state index >= 15 is 0 Å². The minimum Gasteiger partial charge on any atom is -0.494 e. The lowest BCUT2D eigenvalue weighted by Gasteiger charge is -2.18. The molecule has 0 radical (unpaired) electrons. The molecule has 0 spiro atoms. The summed E-state index contributed by atoms with van der Waals surface area (Å²) in [5, 5.41) is -0.392. The van der Waals surface area contributed by atoms with E-state index in [1.165, 1.54) is 0 Å². The van der Waals surface area contributed by atoms with Gasteiger partial charge in [0.15, 0.2) is 0 Å². The summed E-state index contributed by atoms with van der Waals surface area (Å²) in [6, 6.07) is 7.36. The van der Waals surface area contributed by atoms with Crippen LogP contribution in [0.15, 0.2) is 29.2 Å². The summed E-state index contributed by atoms with van der Waals surface area (Å²) in [7, 11) is 0. The number of ether oxygens (including phenoxy) is 1. The molecule has 7 heteroatoms. The highest BCUT2D eigenvalue weighted by Crippen LogP contribution is 2.32. The van der Waals surface area contributed by atoms with Gasteiger partial charge in [-0.1, -0.05) is 19.1 Å². The lowest BCUT2D eigenvalue weighted by atomic mass is 10.2. The maximum absolute atomic E-state index is 12.5. The normalized spacial score (nSPS) is 18.9. The van der Waals surface area contributed by atoms with E-state index in [2.05, 4.69) is 0 Å². The largest absolute Gasteiger partial charge is 0.494 e. The smallest absolute Gasteiger partial charge is 0.294 e. The van der Waals surface area contributed by atoms with Crippen LogP contribution >= 0.6 is 11.8 Å². The van der Waals surface area contributed by atoms with Crippen LogP contribution in [0, 0.1) is 0 Å². The minimum atomic E-state index is -0.404. The van der Waals surface area contributed by atoms with Crippen LogP contribution in [-0.2, 0) is 9.59 Å². The SMILES string of the molecule is CCCOc1ccc(/C=C2\SC(=O)N(CC(=O)N3CCCC3)C2=O)cc1. The fourth-order valence-corrected chi connectivity index (χ4v) is 3.71. The fourth-order valence-electron chi connectivity index (χ4n) is 2.87. The topological polar surface area (TPSA) is 66.9 Å². The molecular formula is C19H22N2O4S. The van der Waals surface area contributed by atoms with Gasteiger partial charge in [0.05, 0.1) is 11.5 Å². The first-order chi connectivity index (χ1) is 12.6. The van der Waals surface area contributed by atoms with Crippen LogP contribution in [0.25, 0.3) is 6.08 Å². The van der Waals surface area contributed by atoms with Crippen LogP contribution in [0.5, 0.6) is 5.75 Å². The first-order valence-corrected chi connectivity index (χ1v) is 9.66. The van der Waals surface area contributed by atoms with Gasteiger partial charge in [-0.15, -0.1) is 0 Å². The number of carbonyl (C=O) groups excluding carboxylic acids is 3. The summed E-state index contributed by atoms with van der Waals surface area (Å²) >= 11 is 0.876. The Balaban J connectivity index is 1.65. The van der Waals surface area contributed by atoms with Crippen molar-refractivity contribution >= 4 is 34.9 Å². The third-order valence-electron chi connectivity index (χ3n) is 4.28. The van der Waals surface area contributed by atoms with E-state index in [0.29, 0.717) is 24.6 Å². The molecule has 2 aliphatic rings. The Kier molecular flexibility index (Phi) is 5.98. The van der Waals surface area contributed by atoms with Gasteiger partial charge in [-0.2, -0.15) is 0 Å². The van der Waals surface area contributed by atoms with E-state index in [1.807, 2.05) is 31.2 Å². The quantitative estimate of drug-likeness (QED) is 0.716. The van der Waals surface area contributed by atoms with Crippen LogP contribution in [0.4, 0.5) is 4.79 Å². The average Bonchev–Trinajstić information content (AvgIpc) is 3.26. The molecular weight excluding hydrogens is 352 g/mol. The van der Waals surface area contributed by atoms with E-state index in [4.69, 9.17) is 4.74 Å². The number of carbonyl (C=O) groups is 3. The number of rotatable bonds is 6. The Morgan fingerprint density at radius 2 is 1.88 bits per heavy atom. The van der Waals surface area contributed by atoms with Crippen molar-refractivity contribution in [2.75, 3.05) is 26.2 Å². The number of hydrogen-bond acceptors (Lipinski definition) is 5. The second-order valence-corrected chi connectivity index (χ2v) is 7.27. The molecule has 2 fully saturated rings. The van der Waals surface area contributed by atoms with Crippen molar-refractivity contribution in [1.29, 1.82) is 0 Å². The van der Waals surface area contributed by atoms with Crippen LogP contribution in [0.1, 0.15) is 31.7 Å². The van der Waals surface area contributed by atoms with Crippen LogP contribution in [0.3, 0.4) is 0 Å². The van der Waals surface area contributed by atoms with Gasteiger partial charge in [0.25, 0.3) is 11.1 Å². The zero-order chi connectivity index (χ0) is 18.5. The standard InChI is InChI=1S/C19H22N2O4S/c1-2-11-25-15-7-5-14(6-8-15)12-16-18(23)21(19(24)26-16)13-17(22)20-9-3-4-10-20/h5-8,12H,2-4,9-11,13H2,1H3/b16-12-. The van der Waals surface area contributed by atoms with Crippen molar-refractivity contribution in [3.05, 3.63) is 34.7 Å². The van der Waals surface area contributed by atoms with Gasteiger partial charge in [0.2, 0.25) is 5.91 Å². The van der Waals surface area contributed by atoms with Gasteiger partial charge >= 0.3 is 0 Å². The van der Waals surface area contributed by atoms with Crippen molar-refractivity contribution < 1.29 is 19.1 Å². The Morgan fingerprint density at radius 3 is 2.54 bits per heavy atom. The van der Waals surface area contributed by atoms with Crippen molar-refractivity contribution in [3.8, 4) is 5.75 Å². The van der Waals surface area contributed by atoms with Crippen LogP contribution in [0.2, 0.25) is 0 Å². The molecule has 138 valence electrons. The van der Waals surface area contributed by atoms with Crippen molar-refractivity contribution in [1.82, 2.24) is 9.80 Å². The average molecular weight is 374 g/mol. The van der Waals surface area contributed by atoms with Gasteiger partial charge in [-0.05, 0) is 54.8 Å². The molecule has 3 rings (SSSR count). The second kappa shape index (κ2) is 8.40. The molecule has 0 unspecified atom stereocenters. The lowest BCUT2D eigenvalue weighted by molar-refractivity contribution is -0.135. The summed E-state index contributed by atoms with van der Waals surface area (Å²) < 4.78 is 5.53. The monoisotopic (exact) mass is 374 g/mol. The fraction of sp³-hybridized carbons (Fsp3) is 0.421. The molecule has 0 saturated carbocycles. The molecule has 2 heterocycles. The molecule has 0 aromatic heterocycles. The zero-order valence-electron chi connectivity index (χ0n) is 14.8. The van der Waals surface area contributed by atoms with E-state index in [9.17, 15) is 14.4 Å². The van der Waals surface area contributed by atoms with Gasteiger partial charge in [-0.25, -0.2) is 0 Å². The van der Waals surface area contributed by atoms with Crippen molar-refractivity contribution in [2.24, 2.45) is 0 Å². The van der Waals surface area contributed by atoms with Gasteiger partial charge in [0.1, 0.15) is 12.3 Å². The van der Waals surface area contributed by atoms with Gasteiger partial charge in [0, 0.05) is 13.1 Å². The third-order valence-corrected chi connectivity index (χ3v) is 5.18. The molecule has 0 aliphatic carbocycles. The molecule has 0 N–H and O–H groups in total. The molecule has 1 aromatic carbocycles. The highest BCUT2D eigenvalue weighted by atomic mass is 32.2. The van der Waals surface area contributed by atoms with Crippen LogP contribution < -0.4 is 4.74 Å². The molecule has 3 amide bonds. The van der Waals surface area contributed by atoms with Crippen LogP contribution in [-0.4, -0.2) is 53.1 Å². The third kappa shape index (κ3) is 4.27. The van der Waals surface area contributed by atoms with E-state index in [1.54, 1.807) is 11.0 Å². The minimum absolute atomic E-state index is 0.163. The number of amides is 3. The Labute approximate surface area is 157 Å².